The van der Waals surface area contributed by atoms with Crippen LogP contribution in [0.1, 0.15) is 38.3 Å². The van der Waals surface area contributed by atoms with Gasteiger partial charge >= 0.3 is 5.97 Å². The highest BCUT2D eigenvalue weighted by atomic mass is 16.6. The molecule has 3 aromatic rings. The van der Waals surface area contributed by atoms with Gasteiger partial charge in [-0.3, -0.25) is 29.3 Å². The minimum absolute atomic E-state index is 0.0416. The van der Waals surface area contributed by atoms with E-state index in [0.717, 1.165) is 10.5 Å². The first kappa shape index (κ1) is 23.9. The van der Waals surface area contributed by atoms with Crippen LogP contribution in [0.3, 0.4) is 0 Å². The molecule has 5 rings (SSSR count). The van der Waals surface area contributed by atoms with Crippen LogP contribution < -0.4 is 9.64 Å². The summed E-state index contributed by atoms with van der Waals surface area (Å²) in [4.78, 5) is 64.3. The lowest BCUT2D eigenvalue weighted by Crippen LogP contribution is -2.30. The molecule has 0 saturated carbocycles. The summed E-state index contributed by atoms with van der Waals surface area (Å²) in [5, 5.41) is 11.4. The molecule has 10 heteroatoms. The Morgan fingerprint density at radius 3 is 2.49 bits per heavy atom. The fourth-order valence-electron chi connectivity index (χ4n) is 4.67. The third-order valence-corrected chi connectivity index (χ3v) is 6.48. The molecule has 2 heterocycles. The molecule has 1 fully saturated rings. The number of carbonyl (C=O) groups is 4. The zero-order valence-corrected chi connectivity index (χ0v) is 19.7. The topological polar surface area (TPSA) is 127 Å². The number of nitro groups is 1. The Bertz CT molecular complexity index is 1470. The van der Waals surface area contributed by atoms with Crippen molar-refractivity contribution in [2.45, 2.75) is 19.9 Å². The van der Waals surface area contributed by atoms with Gasteiger partial charge in [0.2, 0.25) is 5.91 Å². The molecule has 0 radical (unpaired) electrons. The van der Waals surface area contributed by atoms with Crippen molar-refractivity contribution in [2.75, 3.05) is 11.4 Å². The second-order valence-corrected chi connectivity index (χ2v) is 8.93. The number of amides is 3. The number of fused-ring (bicyclic) bond motifs is 1. The van der Waals surface area contributed by atoms with Gasteiger partial charge in [0.05, 0.1) is 22.1 Å². The number of nitrogens with zero attached hydrogens (tertiary/aromatic N) is 3. The smallest absolute Gasteiger partial charge is 0.316 e. The Labute approximate surface area is 211 Å². The molecule has 0 bridgehead atoms. The molecular formula is C27H21N3O7. The molecule has 3 aromatic carbocycles. The third kappa shape index (κ3) is 4.33. The number of hydrogen-bond acceptors (Lipinski definition) is 7. The van der Waals surface area contributed by atoms with Gasteiger partial charge in [0.15, 0.2) is 0 Å². The van der Waals surface area contributed by atoms with Gasteiger partial charge in [-0.25, -0.2) is 4.90 Å². The second-order valence-electron chi connectivity index (χ2n) is 8.93. The van der Waals surface area contributed by atoms with Crippen LogP contribution >= 0.6 is 0 Å². The maximum atomic E-state index is 13.0. The van der Waals surface area contributed by atoms with Crippen LogP contribution in [0.2, 0.25) is 0 Å². The normalized spacial score (nSPS) is 16.8. The highest BCUT2D eigenvalue weighted by molar-refractivity contribution is 6.35. The van der Waals surface area contributed by atoms with E-state index in [0.29, 0.717) is 12.1 Å². The standard InChI is InChI=1S/C27H21N3O7/c1-16-12-19(37-27(34)18-13-23(31)28(15-18)14-17-6-3-2-4-7-17)10-11-21(16)29-25(32)20-8-5-9-22(30(35)36)24(20)26(29)33/h2-12,18H,13-15H2,1H3/t18-/m0/s1. The molecule has 0 unspecified atom stereocenters. The van der Waals surface area contributed by atoms with E-state index in [-0.39, 0.29) is 41.4 Å². The van der Waals surface area contributed by atoms with Crippen molar-refractivity contribution in [1.82, 2.24) is 4.90 Å². The van der Waals surface area contributed by atoms with Gasteiger partial charge in [0, 0.05) is 25.6 Å². The molecule has 3 amide bonds. The number of hydrogen-bond donors (Lipinski definition) is 0. The predicted molar refractivity (Wildman–Crippen MR) is 131 cm³/mol. The highest BCUT2D eigenvalue weighted by Gasteiger charge is 2.42. The minimum Gasteiger partial charge on any atom is -0.426 e. The van der Waals surface area contributed by atoms with Crippen LogP contribution in [-0.4, -0.2) is 40.1 Å². The van der Waals surface area contributed by atoms with E-state index in [9.17, 15) is 29.3 Å². The Kier molecular flexibility index (Phi) is 6.00. The Hall–Kier alpha value is -4.86. The van der Waals surface area contributed by atoms with Crippen molar-refractivity contribution in [2.24, 2.45) is 5.92 Å². The summed E-state index contributed by atoms with van der Waals surface area (Å²) in [6.45, 7) is 2.29. The number of rotatable bonds is 6. The number of ether oxygens (including phenoxy) is 1. The van der Waals surface area contributed by atoms with Crippen molar-refractivity contribution >= 4 is 35.1 Å². The first-order valence-corrected chi connectivity index (χ1v) is 11.5. The van der Waals surface area contributed by atoms with Crippen LogP contribution in [0.25, 0.3) is 0 Å². The zero-order chi connectivity index (χ0) is 26.3. The fourth-order valence-corrected chi connectivity index (χ4v) is 4.67. The average molecular weight is 499 g/mol. The number of aryl methyl sites for hydroxylation is 1. The average Bonchev–Trinajstić information content (AvgIpc) is 3.36. The maximum absolute atomic E-state index is 13.0. The van der Waals surface area contributed by atoms with Crippen LogP contribution in [0.5, 0.6) is 5.75 Å². The summed E-state index contributed by atoms with van der Waals surface area (Å²) < 4.78 is 5.51. The molecule has 37 heavy (non-hydrogen) atoms. The molecular weight excluding hydrogens is 478 g/mol. The molecule has 2 aliphatic rings. The van der Waals surface area contributed by atoms with Gasteiger partial charge < -0.3 is 9.64 Å². The summed E-state index contributed by atoms with van der Waals surface area (Å²) in [6.07, 6.45) is 0.0521. The van der Waals surface area contributed by atoms with E-state index >= 15 is 0 Å². The van der Waals surface area contributed by atoms with Crippen LogP contribution in [-0.2, 0) is 16.1 Å². The van der Waals surface area contributed by atoms with Crippen molar-refractivity contribution in [3.63, 3.8) is 0 Å². The number of esters is 1. The number of nitro benzene ring substituents is 1. The lowest BCUT2D eigenvalue weighted by atomic mass is 10.1. The quantitative estimate of drug-likeness (QED) is 0.166. The zero-order valence-electron chi connectivity index (χ0n) is 19.7. The van der Waals surface area contributed by atoms with E-state index in [4.69, 9.17) is 4.74 Å². The second kappa shape index (κ2) is 9.30. The van der Waals surface area contributed by atoms with Gasteiger partial charge in [0.1, 0.15) is 11.3 Å². The maximum Gasteiger partial charge on any atom is 0.316 e. The molecule has 1 atom stereocenters. The van der Waals surface area contributed by atoms with Crippen molar-refractivity contribution in [3.8, 4) is 5.75 Å². The van der Waals surface area contributed by atoms with E-state index in [1.807, 2.05) is 30.3 Å². The first-order valence-electron chi connectivity index (χ1n) is 11.5. The lowest BCUT2D eigenvalue weighted by Gasteiger charge is -2.18. The molecule has 186 valence electrons. The molecule has 0 spiro atoms. The number of carbonyl (C=O) groups excluding carboxylic acids is 4. The largest absolute Gasteiger partial charge is 0.426 e. The number of anilines is 1. The van der Waals surface area contributed by atoms with Gasteiger partial charge in [-0.15, -0.1) is 0 Å². The van der Waals surface area contributed by atoms with Crippen molar-refractivity contribution in [3.05, 3.63) is 99.1 Å². The molecule has 1 saturated heterocycles. The number of likely N-dealkylation sites (tertiary alicyclic amines) is 1. The van der Waals surface area contributed by atoms with Crippen LogP contribution in [0.4, 0.5) is 11.4 Å². The van der Waals surface area contributed by atoms with Gasteiger partial charge in [0.25, 0.3) is 17.5 Å². The molecule has 0 N–H and O–H groups in total. The number of imide groups is 1. The molecule has 0 aromatic heterocycles. The fraction of sp³-hybridized carbons (Fsp3) is 0.185. The van der Waals surface area contributed by atoms with Gasteiger partial charge in [-0.1, -0.05) is 36.4 Å². The Morgan fingerprint density at radius 1 is 1.03 bits per heavy atom. The van der Waals surface area contributed by atoms with Crippen LogP contribution in [0.15, 0.2) is 66.7 Å². The minimum atomic E-state index is -0.789. The SMILES string of the molecule is Cc1cc(OC(=O)[C@H]2CC(=O)N(Cc3ccccc3)C2)ccc1N1C(=O)c2cccc([N+](=O)[O-])c2C1=O. The summed E-state index contributed by atoms with van der Waals surface area (Å²) in [5.74, 6) is -2.55. The first-order chi connectivity index (χ1) is 17.7. The lowest BCUT2D eigenvalue weighted by molar-refractivity contribution is -0.385. The summed E-state index contributed by atoms with van der Waals surface area (Å²) >= 11 is 0. The summed E-state index contributed by atoms with van der Waals surface area (Å²) in [6, 6.07) is 17.8. The number of benzene rings is 3. The van der Waals surface area contributed by atoms with Gasteiger partial charge in [-0.05, 0) is 42.3 Å². The summed E-state index contributed by atoms with van der Waals surface area (Å²) in [5.41, 5.74) is 0.919. The molecule has 10 nitrogen and oxygen atoms in total. The Morgan fingerprint density at radius 2 is 1.78 bits per heavy atom. The summed E-state index contributed by atoms with van der Waals surface area (Å²) in [7, 11) is 0. The Balaban J connectivity index is 1.30. The van der Waals surface area contributed by atoms with Crippen molar-refractivity contribution < 1.29 is 28.8 Å². The predicted octanol–water partition coefficient (Wildman–Crippen LogP) is 3.66. The van der Waals surface area contributed by atoms with Crippen LogP contribution in [0, 0.1) is 23.0 Å². The molecule has 0 aliphatic carbocycles. The van der Waals surface area contributed by atoms with E-state index in [1.54, 1.807) is 11.8 Å². The van der Waals surface area contributed by atoms with E-state index < -0.39 is 34.3 Å². The monoisotopic (exact) mass is 499 g/mol. The van der Waals surface area contributed by atoms with E-state index in [1.165, 1.54) is 36.4 Å². The molecule has 2 aliphatic heterocycles. The third-order valence-electron chi connectivity index (χ3n) is 6.48. The van der Waals surface area contributed by atoms with Gasteiger partial charge in [-0.2, -0.15) is 0 Å². The van der Waals surface area contributed by atoms with Crippen molar-refractivity contribution in [1.29, 1.82) is 0 Å². The highest BCUT2D eigenvalue weighted by Crippen LogP contribution is 2.36. The van der Waals surface area contributed by atoms with E-state index in [2.05, 4.69) is 0 Å².